The highest BCUT2D eigenvalue weighted by molar-refractivity contribution is 7.91. The lowest BCUT2D eigenvalue weighted by atomic mass is 9.84. The van der Waals surface area contributed by atoms with E-state index in [4.69, 9.17) is 4.74 Å². The molecular weight excluding hydrogens is 523 g/mol. The molecule has 3 atom stereocenters. The van der Waals surface area contributed by atoms with Gasteiger partial charge in [-0.05, 0) is 57.5 Å². The fourth-order valence-corrected chi connectivity index (χ4v) is 5.57. The van der Waals surface area contributed by atoms with Crippen LogP contribution in [0.1, 0.15) is 39.2 Å². The highest BCUT2D eigenvalue weighted by atomic mass is 32.2. The number of ketones is 1. The lowest BCUT2D eigenvalue weighted by molar-refractivity contribution is -0.137. The number of amides is 1. The molecule has 0 fully saturated rings. The molecule has 38 heavy (non-hydrogen) atoms. The van der Waals surface area contributed by atoms with Gasteiger partial charge < -0.3 is 15.4 Å². The van der Waals surface area contributed by atoms with Crippen LogP contribution in [0.25, 0.3) is 0 Å². The van der Waals surface area contributed by atoms with Gasteiger partial charge in [0, 0.05) is 41.1 Å². The van der Waals surface area contributed by atoms with Gasteiger partial charge in [-0.3, -0.25) is 4.79 Å². The third kappa shape index (κ3) is 7.04. The van der Waals surface area contributed by atoms with Crippen molar-refractivity contribution in [3.63, 3.8) is 0 Å². The molecule has 2 aliphatic rings. The number of carbonyl (C=O) groups is 2. The number of ether oxygens (including phenoxy) is 1. The molecule has 0 saturated heterocycles. The topological polar surface area (TPSA) is 125 Å². The number of Topliss-reactive ketones (excluding diaryl/α,β-unsaturated/α-hetero) is 1. The van der Waals surface area contributed by atoms with Crippen molar-refractivity contribution in [3.8, 4) is 6.07 Å². The molecule has 2 N–H and O–H groups in total. The predicted octanol–water partition coefficient (Wildman–Crippen LogP) is 4.68. The fourth-order valence-electron chi connectivity index (χ4n) is 4.36. The summed E-state index contributed by atoms with van der Waals surface area (Å²) in [5.74, 6) is -1.42. The molecular formula is C26H28F3N3O5S. The molecule has 204 valence electrons. The van der Waals surface area contributed by atoms with Crippen molar-refractivity contribution < 1.29 is 35.9 Å². The summed E-state index contributed by atoms with van der Waals surface area (Å²) >= 11 is 0. The van der Waals surface area contributed by atoms with E-state index in [2.05, 4.69) is 10.6 Å². The summed E-state index contributed by atoms with van der Waals surface area (Å²) < 4.78 is 70.5. The number of rotatable bonds is 6. The average Bonchev–Trinajstić information content (AvgIpc) is 3.14. The first-order valence-electron chi connectivity index (χ1n) is 11.7. The summed E-state index contributed by atoms with van der Waals surface area (Å²) in [6.07, 6.45) is -0.289. The number of alkyl carbamates (subject to hydrolysis) is 1. The zero-order valence-electron chi connectivity index (χ0n) is 21.2. The molecule has 2 unspecified atom stereocenters. The van der Waals surface area contributed by atoms with Crippen LogP contribution >= 0.6 is 0 Å². The van der Waals surface area contributed by atoms with Gasteiger partial charge in [-0.15, -0.1) is 0 Å². The summed E-state index contributed by atoms with van der Waals surface area (Å²) in [4.78, 5) is 25.9. The molecule has 2 aliphatic carbocycles. The van der Waals surface area contributed by atoms with Crippen LogP contribution in [0.3, 0.4) is 0 Å². The standard InChI is InChI=1S/C26H28F3N3O5S/c1-25(2,3)37-24(34)32-23(18-9-8-15(14-30)12-21(18)38(4,35)36)22-19(10-11-20(22)33)31-17-7-5-6-16(13-17)26(27,28)29/h5-9,12-13,18,21,23,31H,10-11H2,1-4H3,(H,32,34)/t18?,21?,23-/m1/s1. The minimum atomic E-state index is -4.58. The Bertz CT molecular complexity index is 1370. The minimum Gasteiger partial charge on any atom is -0.444 e. The van der Waals surface area contributed by atoms with Crippen LogP contribution in [0.2, 0.25) is 0 Å². The first-order chi connectivity index (χ1) is 17.5. The van der Waals surface area contributed by atoms with E-state index >= 15 is 0 Å². The van der Waals surface area contributed by atoms with E-state index < -0.39 is 56.3 Å². The van der Waals surface area contributed by atoms with Crippen molar-refractivity contribution in [2.75, 3.05) is 11.6 Å². The van der Waals surface area contributed by atoms with Crippen LogP contribution in [-0.2, 0) is 25.5 Å². The number of halogens is 3. The fraction of sp³-hybridized carbons (Fsp3) is 0.423. The Hall–Kier alpha value is -3.59. The van der Waals surface area contributed by atoms with Gasteiger partial charge >= 0.3 is 12.3 Å². The van der Waals surface area contributed by atoms with Crippen molar-refractivity contribution in [2.45, 2.75) is 56.7 Å². The number of carbonyl (C=O) groups excluding carboxylic acids is 2. The van der Waals surface area contributed by atoms with Gasteiger partial charge in [0.15, 0.2) is 15.6 Å². The Balaban J connectivity index is 2.11. The van der Waals surface area contributed by atoms with E-state index in [0.29, 0.717) is 0 Å². The zero-order valence-corrected chi connectivity index (χ0v) is 22.0. The first kappa shape index (κ1) is 29.0. The molecule has 0 aromatic heterocycles. The van der Waals surface area contributed by atoms with Crippen LogP contribution in [0.5, 0.6) is 0 Å². The molecule has 0 saturated carbocycles. The SMILES string of the molecule is CC(C)(C)OC(=O)N[C@@H](C1=C(Nc2cccc(C(F)(F)F)c2)CCC1=O)C1C=CC(C#N)=CC1S(C)(=O)=O. The number of sulfone groups is 1. The second kappa shape index (κ2) is 10.6. The Kier molecular flexibility index (Phi) is 8.12. The van der Waals surface area contributed by atoms with Crippen LogP contribution in [0, 0.1) is 17.2 Å². The maximum absolute atomic E-state index is 13.2. The number of benzene rings is 1. The Labute approximate surface area is 219 Å². The average molecular weight is 552 g/mol. The lowest BCUT2D eigenvalue weighted by Crippen LogP contribution is -2.49. The number of alkyl halides is 3. The van der Waals surface area contributed by atoms with Crippen molar-refractivity contribution in [2.24, 2.45) is 5.92 Å². The zero-order chi connectivity index (χ0) is 28.5. The molecule has 3 rings (SSSR count). The van der Waals surface area contributed by atoms with Crippen LogP contribution in [0.4, 0.5) is 23.7 Å². The lowest BCUT2D eigenvalue weighted by Gasteiger charge is -2.33. The Morgan fingerprint density at radius 2 is 1.89 bits per heavy atom. The summed E-state index contributed by atoms with van der Waals surface area (Å²) in [6.45, 7) is 4.89. The Morgan fingerprint density at radius 3 is 2.47 bits per heavy atom. The highest BCUT2D eigenvalue weighted by Crippen LogP contribution is 2.36. The molecule has 0 aliphatic heterocycles. The normalized spacial score (nSPS) is 21.0. The minimum absolute atomic E-state index is 0.00237. The molecule has 0 heterocycles. The summed E-state index contributed by atoms with van der Waals surface area (Å²) in [5.41, 5.74) is -1.34. The number of nitrogens with zero attached hydrogens (tertiary/aromatic N) is 1. The van der Waals surface area contributed by atoms with Gasteiger partial charge in [0.2, 0.25) is 0 Å². The number of hydrogen-bond acceptors (Lipinski definition) is 7. The predicted molar refractivity (Wildman–Crippen MR) is 134 cm³/mol. The molecule has 0 bridgehead atoms. The summed E-state index contributed by atoms with van der Waals surface area (Å²) in [7, 11) is -3.83. The van der Waals surface area contributed by atoms with Gasteiger partial charge in [-0.2, -0.15) is 18.4 Å². The third-order valence-corrected chi connectivity index (χ3v) is 7.36. The van der Waals surface area contributed by atoms with E-state index in [1.807, 2.05) is 6.07 Å². The molecule has 12 heteroatoms. The van der Waals surface area contributed by atoms with Gasteiger partial charge in [-0.25, -0.2) is 13.2 Å². The molecule has 0 spiro atoms. The van der Waals surface area contributed by atoms with E-state index in [1.54, 1.807) is 20.8 Å². The number of nitrogens with one attached hydrogen (secondary N) is 2. The smallest absolute Gasteiger partial charge is 0.416 e. The van der Waals surface area contributed by atoms with E-state index in [9.17, 15) is 36.4 Å². The van der Waals surface area contributed by atoms with E-state index in [-0.39, 0.29) is 35.4 Å². The van der Waals surface area contributed by atoms with E-state index in [0.717, 1.165) is 18.4 Å². The van der Waals surface area contributed by atoms with Crippen LogP contribution in [-0.4, -0.2) is 43.4 Å². The van der Waals surface area contributed by atoms with E-state index in [1.165, 1.54) is 30.4 Å². The van der Waals surface area contributed by atoms with Gasteiger partial charge in [0.05, 0.1) is 22.9 Å². The van der Waals surface area contributed by atoms with Crippen molar-refractivity contribution in [1.29, 1.82) is 5.26 Å². The van der Waals surface area contributed by atoms with Crippen molar-refractivity contribution in [3.05, 3.63) is 64.9 Å². The maximum atomic E-state index is 13.2. The van der Waals surface area contributed by atoms with Crippen molar-refractivity contribution >= 4 is 27.4 Å². The Morgan fingerprint density at radius 1 is 1.21 bits per heavy atom. The quantitative estimate of drug-likeness (QED) is 0.526. The monoisotopic (exact) mass is 551 g/mol. The van der Waals surface area contributed by atoms with Gasteiger partial charge in [0.1, 0.15) is 5.60 Å². The second-order valence-corrected chi connectivity index (χ2v) is 12.3. The molecule has 1 amide bonds. The first-order valence-corrected chi connectivity index (χ1v) is 13.6. The maximum Gasteiger partial charge on any atom is 0.416 e. The van der Waals surface area contributed by atoms with Gasteiger partial charge in [-0.1, -0.05) is 12.1 Å². The third-order valence-electron chi connectivity index (χ3n) is 5.93. The summed E-state index contributed by atoms with van der Waals surface area (Å²) in [5, 5.41) is 13.5. The van der Waals surface area contributed by atoms with Crippen LogP contribution < -0.4 is 10.6 Å². The van der Waals surface area contributed by atoms with Crippen molar-refractivity contribution in [1.82, 2.24) is 5.32 Å². The summed E-state index contributed by atoms with van der Waals surface area (Å²) in [6, 6.07) is 5.10. The number of allylic oxidation sites excluding steroid dienone is 3. The molecule has 0 radical (unpaired) electrons. The molecule has 8 nitrogen and oxygen atoms in total. The van der Waals surface area contributed by atoms with Gasteiger partial charge in [0.25, 0.3) is 0 Å². The van der Waals surface area contributed by atoms with Crippen LogP contribution in [0.15, 0.2) is 59.3 Å². The largest absolute Gasteiger partial charge is 0.444 e. The second-order valence-electron chi connectivity index (χ2n) is 10.1. The number of nitriles is 1. The number of anilines is 1. The number of hydrogen-bond donors (Lipinski definition) is 2. The molecule has 1 aromatic rings. The molecule has 1 aromatic carbocycles. The highest BCUT2D eigenvalue weighted by Gasteiger charge is 2.42.